The summed E-state index contributed by atoms with van der Waals surface area (Å²) < 4.78 is 15.6. The molecule has 0 aromatic rings. The third kappa shape index (κ3) is 29.4. The monoisotopic (exact) mass is 1500 g/mol. The predicted octanol–water partition coefficient (Wildman–Crippen LogP) is 2.37. The molecule has 0 spiro atoms. The summed E-state index contributed by atoms with van der Waals surface area (Å²) in [5.41, 5.74) is 0. The highest BCUT2D eigenvalue weighted by atomic mass is 16.7. The van der Waals surface area contributed by atoms with Crippen molar-refractivity contribution in [1.82, 2.24) is 65.8 Å². The smallest absolute Gasteiger partial charge is 0.410 e. The lowest BCUT2D eigenvalue weighted by Crippen LogP contribution is -2.64. The lowest BCUT2D eigenvalue weighted by Gasteiger charge is -2.42. The zero-order valence-electron chi connectivity index (χ0n) is 67.3. The largest absolute Gasteiger partial charge is 0.481 e. The van der Waals surface area contributed by atoms with Crippen molar-refractivity contribution in [1.29, 1.82) is 0 Å². The summed E-state index contributed by atoms with van der Waals surface area (Å²) in [6.45, 7) is 25.8. The number of aliphatic carboxylic acids is 1. The van der Waals surface area contributed by atoms with Gasteiger partial charge in [-0.2, -0.15) is 0 Å². The molecule has 1 saturated heterocycles. The number of carboxylic acids is 1. The van der Waals surface area contributed by atoms with Gasteiger partial charge < -0.3 is 85.1 Å². The van der Waals surface area contributed by atoms with Crippen molar-refractivity contribution < 1.29 is 96.0 Å². The van der Waals surface area contributed by atoms with Crippen molar-refractivity contribution in [2.45, 2.75) is 236 Å². The zero-order chi connectivity index (χ0) is 81.8. The molecule has 0 saturated carbocycles. The number of esters is 2. The second kappa shape index (κ2) is 44.9. The maximum atomic E-state index is 15.8. The first-order chi connectivity index (χ1) is 49.1. The van der Waals surface area contributed by atoms with E-state index in [1.807, 2.05) is 55.4 Å². The van der Waals surface area contributed by atoms with Gasteiger partial charge >= 0.3 is 24.0 Å². The van der Waals surface area contributed by atoms with Crippen LogP contribution in [0.1, 0.15) is 169 Å². The van der Waals surface area contributed by atoms with Crippen molar-refractivity contribution in [3.63, 3.8) is 0 Å². The Morgan fingerprint density at radius 2 is 1.01 bits per heavy atom. The van der Waals surface area contributed by atoms with Gasteiger partial charge in [-0.15, -0.1) is 0 Å². The van der Waals surface area contributed by atoms with Gasteiger partial charge in [0.2, 0.25) is 77.7 Å². The van der Waals surface area contributed by atoms with E-state index in [0.717, 1.165) is 24.5 Å². The molecule has 1 heterocycles. The number of rotatable bonds is 25. The van der Waals surface area contributed by atoms with Crippen LogP contribution in [-0.4, -0.2) is 289 Å². The van der Waals surface area contributed by atoms with Crippen LogP contribution in [0.25, 0.3) is 0 Å². The van der Waals surface area contributed by atoms with Crippen LogP contribution in [0.3, 0.4) is 0 Å². The third-order valence-electron chi connectivity index (χ3n) is 18.4. The number of likely N-dealkylation sites (N-methyl/N-ethyl adjacent to an activating group) is 8. The summed E-state index contributed by atoms with van der Waals surface area (Å²) >= 11 is 0. The van der Waals surface area contributed by atoms with Crippen molar-refractivity contribution in [2.75, 3.05) is 82.8 Å². The Hall–Kier alpha value is -8.94. The van der Waals surface area contributed by atoms with Gasteiger partial charge in [-0.25, -0.2) is 4.79 Å². The Morgan fingerprint density at radius 1 is 0.538 bits per heavy atom. The minimum Gasteiger partial charge on any atom is -0.481 e. The number of alkyl carbamates (subject to hydrolysis) is 1. The Balaban J connectivity index is 4.47. The fourth-order valence-corrected chi connectivity index (χ4v) is 12.1. The number of hydrogen-bond acceptors (Lipinski definition) is 19. The van der Waals surface area contributed by atoms with Gasteiger partial charge in [0.15, 0.2) is 0 Å². The average molecular weight is 1500 g/mol. The molecule has 1 fully saturated rings. The van der Waals surface area contributed by atoms with E-state index in [1.165, 1.54) is 84.9 Å². The molecule has 1 aliphatic heterocycles. The highest BCUT2D eigenvalue weighted by Gasteiger charge is 2.47. The normalized spacial score (nSPS) is 23.6. The van der Waals surface area contributed by atoms with Gasteiger partial charge in [-0.3, -0.25) is 71.9 Å². The minimum atomic E-state index is -1.87. The van der Waals surface area contributed by atoms with Gasteiger partial charge in [0.05, 0.1) is 19.4 Å². The number of ether oxygens (including phenoxy) is 3. The number of carbonyl (C=O) groups excluding carboxylic acids is 15. The fraction of sp³-hybridized carbons (Fsp3) is 0.753. The molecule has 6 N–H and O–H groups in total. The van der Waals surface area contributed by atoms with Crippen LogP contribution in [0.2, 0.25) is 0 Å². The summed E-state index contributed by atoms with van der Waals surface area (Å²) in [6, 6.07) is -13.6. The number of hydrogen-bond donors (Lipinski definition) is 6. The Bertz CT molecular complexity index is 3090. The first-order valence-electron chi connectivity index (χ1n) is 36.5. The molecule has 602 valence electrons. The molecule has 1 aliphatic rings. The van der Waals surface area contributed by atoms with Crippen LogP contribution < -0.4 is 26.6 Å². The third-order valence-corrected chi connectivity index (χ3v) is 18.4. The van der Waals surface area contributed by atoms with Crippen LogP contribution in [0.4, 0.5) is 4.79 Å². The lowest BCUT2D eigenvalue weighted by molar-refractivity contribution is -0.166. The number of nitrogens with zero attached hydrogens (tertiary/aromatic N) is 8. The maximum absolute atomic E-state index is 15.8. The Labute approximate surface area is 626 Å². The fourth-order valence-electron chi connectivity index (χ4n) is 12.1. The molecular weight excluding hydrogens is 1380 g/mol. The second-order valence-corrected chi connectivity index (χ2v) is 30.1. The molecule has 106 heavy (non-hydrogen) atoms. The van der Waals surface area contributed by atoms with Gasteiger partial charge in [-0.1, -0.05) is 109 Å². The summed E-state index contributed by atoms with van der Waals surface area (Å²) in [5, 5.41) is 21.9. The first-order valence-corrected chi connectivity index (χ1v) is 36.5. The maximum Gasteiger partial charge on any atom is 0.410 e. The molecule has 0 aliphatic carbocycles. The van der Waals surface area contributed by atoms with E-state index in [9.17, 15) is 57.5 Å². The lowest BCUT2D eigenvalue weighted by atomic mass is 9.91. The molecule has 1 rings (SSSR count). The minimum absolute atomic E-state index is 0.0380. The number of carboxylic acid groups (broad SMARTS) is 1. The van der Waals surface area contributed by atoms with Crippen molar-refractivity contribution >= 4 is 94.9 Å². The first kappa shape index (κ1) is 95.1. The standard InChI is InChI=1S/C73H125N13O20/c1-26-28-29-46(15)62(106-58(92)38-79(18)54(87)36-74-73(103)105-39-104-57(91)31-30-56(89)90)61-66(96)77-49(27-2)68(98)80(19)37-55(88)81(20)50(32-40(3)4)65(95)78-59(44(11)12)71(101)82(21)51(33-41(5)6)64(94)75-47(16)63(93)76-48(17)67(97)83(22)52(34-42(7)8)69(99)84(23)53(35-43(9)10)70(100)85(24)60(45(13)14)72(102)86(61)25/h26,28,40-53,59-62H,27,29-39H2,1-25H3,(H,74,103)(H,75,94)(H,76,93)(H,77,96)(H,78,95)(H,89,90)/b28-26+/t46-,47?,48+,49?,50+,51?,52+,53?,59?,60?,61?,62?/m1/s1. The quantitative estimate of drug-likeness (QED) is 0.0434. The van der Waals surface area contributed by atoms with Crippen LogP contribution in [-0.2, 0) is 86.1 Å². The van der Waals surface area contributed by atoms with E-state index < -0.39 is 218 Å². The summed E-state index contributed by atoms with van der Waals surface area (Å²) in [5.74, 6) is -15.8. The van der Waals surface area contributed by atoms with E-state index >= 15 is 19.2 Å². The Morgan fingerprint density at radius 3 is 1.50 bits per heavy atom. The molecule has 13 amide bonds. The van der Waals surface area contributed by atoms with E-state index in [2.05, 4.69) is 31.3 Å². The van der Waals surface area contributed by atoms with E-state index in [-0.39, 0.29) is 62.2 Å². The number of allylic oxidation sites excluding steroid dienone is 2. The highest BCUT2D eigenvalue weighted by molar-refractivity contribution is 6.00. The number of nitrogens with one attached hydrogen (secondary N) is 5. The summed E-state index contributed by atoms with van der Waals surface area (Å²) in [4.78, 5) is 235. The molecule has 0 aromatic carbocycles. The average Bonchev–Trinajstić information content (AvgIpc) is 0.796. The molecular formula is C73H125N13O20. The van der Waals surface area contributed by atoms with Crippen molar-refractivity contribution in [2.24, 2.45) is 41.4 Å². The van der Waals surface area contributed by atoms with Gasteiger partial charge in [-0.05, 0) is 101 Å². The molecule has 0 bridgehead atoms. The van der Waals surface area contributed by atoms with Crippen LogP contribution >= 0.6 is 0 Å². The van der Waals surface area contributed by atoms with E-state index in [1.54, 1.807) is 60.6 Å². The molecule has 0 aromatic heterocycles. The van der Waals surface area contributed by atoms with E-state index in [4.69, 9.17) is 14.6 Å². The van der Waals surface area contributed by atoms with Crippen LogP contribution in [0.15, 0.2) is 12.2 Å². The summed E-state index contributed by atoms with van der Waals surface area (Å²) in [7, 11) is 10.7. The number of carbonyl (C=O) groups is 16. The molecule has 33 nitrogen and oxygen atoms in total. The van der Waals surface area contributed by atoms with Crippen LogP contribution in [0.5, 0.6) is 0 Å². The van der Waals surface area contributed by atoms with Gasteiger partial charge in [0.1, 0.15) is 79.6 Å². The van der Waals surface area contributed by atoms with Crippen molar-refractivity contribution in [3.05, 3.63) is 12.2 Å². The topological polar surface area (TPSA) is 407 Å². The van der Waals surface area contributed by atoms with Crippen molar-refractivity contribution in [3.8, 4) is 0 Å². The summed E-state index contributed by atoms with van der Waals surface area (Å²) in [6.07, 6.45) is -0.231. The molecule has 33 heteroatoms. The molecule has 0 radical (unpaired) electrons. The highest BCUT2D eigenvalue weighted by Crippen LogP contribution is 2.27. The predicted molar refractivity (Wildman–Crippen MR) is 392 cm³/mol. The SMILES string of the molecule is C/C=C/C[C@@H](C)C(OC(=O)CN(C)C(=O)CNC(=O)OCOC(=O)CCC(=O)O)C1C(=O)NC(CC)C(=O)N(C)CC(=O)N(C)[C@@H](CC(C)C)C(=O)NC(C(C)C)C(=O)N(C)C(CC(C)C)C(=O)NC(C)C(=O)N[C@@H](C)C(=O)N(C)[C@@H](CC(C)C)C(=O)N(C)C(CC(C)C)C(=O)N(C)C(C(C)C)C(=O)N1C. The second-order valence-electron chi connectivity index (χ2n) is 30.1. The van der Waals surface area contributed by atoms with E-state index in [0.29, 0.717) is 0 Å². The van der Waals surface area contributed by atoms with Gasteiger partial charge in [0.25, 0.3) is 0 Å². The van der Waals surface area contributed by atoms with Gasteiger partial charge in [0, 0.05) is 56.4 Å². The van der Waals surface area contributed by atoms with Crippen LogP contribution in [0, 0.1) is 41.4 Å². The Kier molecular flexibility index (Phi) is 40.3. The number of amides is 13. The molecule has 12 atom stereocenters. The zero-order valence-corrected chi connectivity index (χ0v) is 67.3. The molecule has 8 unspecified atom stereocenters.